The summed E-state index contributed by atoms with van der Waals surface area (Å²) in [6.07, 6.45) is -4.03. The minimum atomic E-state index is -4.39. The molecule has 3 aromatic carbocycles. The minimum Gasteiger partial charge on any atom is -0.360 e. The zero-order valence-electron chi connectivity index (χ0n) is 20.1. The van der Waals surface area contributed by atoms with Gasteiger partial charge in [-0.15, -0.1) is 0 Å². The predicted molar refractivity (Wildman–Crippen MR) is 142 cm³/mol. The second kappa shape index (κ2) is 10.1. The lowest BCUT2D eigenvalue weighted by Crippen LogP contribution is -2.31. The molecule has 0 bridgehead atoms. The van der Waals surface area contributed by atoms with Crippen molar-refractivity contribution in [2.24, 2.45) is 12.8 Å². The minimum absolute atomic E-state index is 0.236. The normalized spacial score (nSPS) is 12.7. The largest absolute Gasteiger partial charge is 0.416 e. The van der Waals surface area contributed by atoms with E-state index in [1.54, 1.807) is 31.3 Å². The number of imidazole rings is 1. The van der Waals surface area contributed by atoms with Crippen molar-refractivity contribution < 1.29 is 17.6 Å². The number of rotatable bonds is 7. The lowest BCUT2D eigenvalue weighted by atomic mass is 10.0. The number of halogens is 4. The van der Waals surface area contributed by atoms with Gasteiger partial charge in [0.1, 0.15) is 5.82 Å². The Balaban J connectivity index is 1.41. The Kier molecular flexibility index (Phi) is 6.80. The van der Waals surface area contributed by atoms with E-state index in [1.807, 2.05) is 12.1 Å². The number of fused-ring (bicyclic) bond motifs is 1. The molecule has 0 aliphatic carbocycles. The molecule has 0 radical (unpaired) electrons. The third-order valence-electron chi connectivity index (χ3n) is 6.22. The fourth-order valence-electron chi connectivity index (χ4n) is 4.21. The number of aryl methyl sites for hydroxylation is 1. The van der Waals surface area contributed by atoms with Crippen molar-refractivity contribution >= 4 is 27.5 Å². The van der Waals surface area contributed by atoms with Crippen LogP contribution >= 0.6 is 11.3 Å². The van der Waals surface area contributed by atoms with Crippen LogP contribution in [0.4, 0.5) is 22.7 Å². The molecule has 11 heteroatoms. The van der Waals surface area contributed by atoms with Gasteiger partial charge in [0.2, 0.25) is 0 Å². The van der Waals surface area contributed by atoms with Crippen molar-refractivity contribution in [2.45, 2.75) is 18.6 Å². The molecule has 2 aromatic heterocycles. The van der Waals surface area contributed by atoms with E-state index in [-0.39, 0.29) is 5.69 Å². The van der Waals surface area contributed by atoms with Gasteiger partial charge in [-0.1, -0.05) is 41.7 Å². The zero-order valence-corrected chi connectivity index (χ0v) is 21.0. The topological polar surface area (TPSA) is 88.7 Å². The summed E-state index contributed by atoms with van der Waals surface area (Å²) < 4.78 is 54.7. The Morgan fingerprint density at radius 3 is 2.55 bits per heavy atom. The number of nitrogens with one attached hydrogen (secondary N) is 2. The standard InChI is InChI=1S/C27H23F4N5OS/c1-36-22-13-16(8-11-21(22)34-26(36)37)24-23(19-4-2-3-5-20(19)28)35-25(38-24)33-14-18(32)12-15-6-9-17(10-7-15)27(29,30)31/h2-11,13,18H,12,14,32H2,1H3,(H,33,35)(H,34,37). The van der Waals surface area contributed by atoms with E-state index in [0.29, 0.717) is 50.8 Å². The molecule has 0 saturated heterocycles. The van der Waals surface area contributed by atoms with E-state index < -0.39 is 23.6 Å². The number of thiazole rings is 1. The van der Waals surface area contributed by atoms with Crippen LogP contribution in [0.5, 0.6) is 0 Å². The number of benzene rings is 3. The van der Waals surface area contributed by atoms with Crippen LogP contribution in [0, 0.1) is 5.82 Å². The molecule has 5 aromatic rings. The van der Waals surface area contributed by atoms with Crippen molar-refractivity contribution in [2.75, 3.05) is 11.9 Å². The van der Waals surface area contributed by atoms with Gasteiger partial charge in [0.25, 0.3) is 0 Å². The van der Waals surface area contributed by atoms with Crippen molar-refractivity contribution in [3.05, 3.63) is 94.2 Å². The van der Waals surface area contributed by atoms with Gasteiger partial charge in [-0.3, -0.25) is 4.57 Å². The molecule has 6 nitrogen and oxygen atoms in total. The fraction of sp³-hybridized carbons (Fsp3) is 0.185. The summed E-state index contributed by atoms with van der Waals surface area (Å²) in [5.74, 6) is -0.417. The van der Waals surface area contributed by atoms with Gasteiger partial charge in [-0.25, -0.2) is 14.2 Å². The molecule has 0 saturated carbocycles. The first-order valence-electron chi connectivity index (χ1n) is 11.7. The number of H-pyrrole nitrogens is 1. The third kappa shape index (κ3) is 5.20. The van der Waals surface area contributed by atoms with Crippen LogP contribution in [-0.2, 0) is 19.6 Å². The zero-order chi connectivity index (χ0) is 27.0. The molecule has 1 atom stereocenters. The van der Waals surface area contributed by atoms with Crippen molar-refractivity contribution in [3.63, 3.8) is 0 Å². The number of nitrogens with zero attached hydrogens (tertiary/aromatic N) is 2. The smallest absolute Gasteiger partial charge is 0.360 e. The first-order valence-corrected chi connectivity index (χ1v) is 12.5. The van der Waals surface area contributed by atoms with E-state index in [0.717, 1.165) is 17.7 Å². The van der Waals surface area contributed by atoms with Gasteiger partial charge < -0.3 is 16.0 Å². The highest BCUT2D eigenvalue weighted by Gasteiger charge is 2.30. The highest BCUT2D eigenvalue weighted by Crippen LogP contribution is 2.40. The first-order chi connectivity index (χ1) is 18.1. The van der Waals surface area contributed by atoms with Gasteiger partial charge >= 0.3 is 11.9 Å². The lowest BCUT2D eigenvalue weighted by molar-refractivity contribution is -0.137. The maximum Gasteiger partial charge on any atom is 0.416 e. The molecule has 0 spiro atoms. The fourth-order valence-corrected chi connectivity index (χ4v) is 5.20. The van der Waals surface area contributed by atoms with Crippen molar-refractivity contribution in [1.29, 1.82) is 0 Å². The summed E-state index contributed by atoms with van der Waals surface area (Å²) in [4.78, 5) is 20.2. The Labute approximate surface area is 218 Å². The number of hydrogen-bond donors (Lipinski definition) is 3. The van der Waals surface area contributed by atoms with E-state index in [2.05, 4.69) is 15.3 Å². The van der Waals surface area contributed by atoms with Crippen molar-refractivity contribution in [1.82, 2.24) is 14.5 Å². The molecular weight excluding hydrogens is 518 g/mol. The number of aromatic amines is 1. The van der Waals surface area contributed by atoms with E-state index in [9.17, 15) is 22.4 Å². The molecule has 196 valence electrons. The van der Waals surface area contributed by atoms with E-state index in [4.69, 9.17) is 5.73 Å². The Morgan fingerprint density at radius 1 is 1.11 bits per heavy atom. The quantitative estimate of drug-likeness (QED) is 0.227. The van der Waals surface area contributed by atoms with Crippen LogP contribution in [0.3, 0.4) is 0 Å². The molecule has 0 fully saturated rings. The first kappa shape index (κ1) is 25.7. The van der Waals surface area contributed by atoms with E-state index >= 15 is 0 Å². The van der Waals surface area contributed by atoms with Crippen LogP contribution in [0.1, 0.15) is 11.1 Å². The molecular formula is C27H23F4N5OS. The summed E-state index contributed by atoms with van der Waals surface area (Å²) in [7, 11) is 1.67. The number of nitrogens with two attached hydrogens (primary N) is 1. The number of anilines is 1. The van der Waals surface area contributed by atoms with Crippen LogP contribution in [0.25, 0.3) is 32.7 Å². The lowest BCUT2D eigenvalue weighted by Gasteiger charge is -2.13. The van der Waals surface area contributed by atoms with Crippen LogP contribution < -0.4 is 16.7 Å². The van der Waals surface area contributed by atoms with Gasteiger partial charge in [0, 0.05) is 25.2 Å². The summed E-state index contributed by atoms with van der Waals surface area (Å²) >= 11 is 1.32. The third-order valence-corrected chi connectivity index (χ3v) is 7.28. The highest BCUT2D eigenvalue weighted by molar-refractivity contribution is 7.19. The summed E-state index contributed by atoms with van der Waals surface area (Å²) in [5.41, 5.74) is 8.93. The molecule has 0 aliphatic heterocycles. The molecule has 0 amide bonds. The van der Waals surface area contributed by atoms with Crippen LogP contribution in [0.2, 0.25) is 0 Å². The summed E-state index contributed by atoms with van der Waals surface area (Å²) in [6.45, 7) is 0.302. The van der Waals surface area contributed by atoms with Crippen LogP contribution in [-0.4, -0.2) is 27.1 Å². The SMILES string of the molecule is Cn1c(=O)[nH]c2ccc(-c3sc(NCC(N)Cc4ccc(C(F)(F)F)cc4)nc3-c3ccccc3F)cc21. The second-order valence-electron chi connectivity index (χ2n) is 8.94. The predicted octanol–water partition coefficient (Wildman–Crippen LogP) is 5.80. The molecule has 0 aliphatic rings. The Hall–Kier alpha value is -3.96. The molecule has 2 heterocycles. The average Bonchev–Trinajstić information content (AvgIpc) is 3.43. The van der Waals surface area contributed by atoms with Gasteiger partial charge in [-0.2, -0.15) is 13.2 Å². The molecule has 5 rings (SSSR count). The van der Waals surface area contributed by atoms with Gasteiger partial charge in [0.15, 0.2) is 5.13 Å². The molecule has 1 unspecified atom stereocenters. The van der Waals surface area contributed by atoms with Crippen LogP contribution in [0.15, 0.2) is 71.5 Å². The number of hydrogen-bond acceptors (Lipinski definition) is 5. The molecule has 38 heavy (non-hydrogen) atoms. The molecule has 4 N–H and O–H groups in total. The monoisotopic (exact) mass is 541 g/mol. The average molecular weight is 542 g/mol. The van der Waals surface area contributed by atoms with E-state index in [1.165, 1.54) is 34.1 Å². The van der Waals surface area contributed by atoms with Gasteiger partial charge in [-0.05, 0) is 53.9 Å². The maximum absolute atomic E-state index is 14.8. The number of aromatic nitrogens is 3. The summed E-state index contributed by atoms with van der Waals surface area (Å²) in [5, 5.41) is 3.71. The summed E-state index contributed by atoms with van der Waals surface area (Å²) in [6, 6.07) is 16.4. The highest BCUT2D eigenvalue weighted by atomic mass is 32.1. The number of alkyl halides is 3. The Bertz CT molecular complexity index is 1650. The second-order valence-corrected chi connectivity index (χ2v) is 9.94. The van der Waals surface area contributed by atoms with Gasteiger partial charge in [0.05, 0.1) is 27.2 Å². The Morgan fingerprint density at radius 2 is 1.84 bits per heavy atom. The maximum atomic E-state index is 14.8. The van der Waals surface area contributed by atoms with Crippen molar-refractivity contribution in [3.8, 4) is 21.7 Å².